The van der Waals surface area contributed by atoms with Crippen LogP contribution in [0, 0.1) is 11.3 Å². The van der Waals surface area contributed by atoms with Crippen LogP contribution in [0.25, 0.3) is 0 Å². The second-order valence-corrected chi connectivity index (χ2v) is 4.67. The third-order valence-corrected chi connectivity index (χ3v) is 3.80. The molecule has 84 valence electrons. The van der Waals surface area contributed by atoms with Gasteiger partial charge in [0.25, 0.3) is 0 Å². The number of rotatable bonds is 6. The van der Waals surface area contributed by atoms with E-state index >= 15 is 0 Å². The summed E-state index contributed by atoms with van der Waals surface area (Å²) in [4.78, 5) is 0. The standard InChI is InChI=1S/C12H25NO/c1-3-11-5-6-12(9-11,10-13)7-8-14-4-2/h11H,3-10,13H2,1-2H3. The van der Waals surface area contributed by atoms with Gasteiger partial charge < -0.3 is 10.5 Å². The van der Waals surface area contributed by atoms with Crippen molar-refractivity contribution < 1.29 is 4.74 Å². The molecule has 0 amide bonds. The third-order valence-electron chi connectivity index (χ3n) is 3.80. The fraction of sp³-hybridized carbons (Fsp3) is 1.00. The van der Waals surface area contributed by atoms with Crippen molar-refractivity contribution in [3.63, 3.8) is 0 Å². The lowest BCUT2D eigenvalue weighted by Crippen LogP contribution is -2.29. The molecule has 2 heteroatoms. The normalized spacial score (nSPS) is 32.4. The highest BCUT2D eigenvalue weighted by Crippen LogP contribution is 2.44. The van der Waals surface area contributed by atoms with Crippen LogP contribution in [-0.2, 0) is 4.74 Å². The minimum Gasteiger partial charge on any atom is -0.382 e. The Hall–Kier alpha value is -0.0800. The molecule has 0 aromatic carbocycles. The zero-order chi connectivity index (χ0) is 10.4. The maximum atomic E-state index is 5.91. The summed E-state index contributed by atoms with van der Waals surface area (Å²) in [5, 5.41) is 0. The topological polar surface area (TPSA) is 35.2 Å². The molecular formula is C12H25NO. The van der Waals surface area contributed by atoms with Crippen LogP contribution in [0.15, 0.2) is 0 Å². The molecule has 0 radical (unpaired) electrons. The van der Waals surface area contributed by atoms with Crippen molar-refractivity contribution in [2.45, 2.75) is 46.0 Å². The molecular weight excluding hydrogens is 174 g/mol. The second-order valence-electron chi connectivity index (χ2n) is 4.67. The monoisotopic (exact) mass is 199 g/mol. The average molecular weight is 199 g/mol. The van der Waals surface area contributed by atoms with E-state index in [1.54, 1.807) is 0 Å². The molecule has 1 aliphatic rings. The molecule has 2 atom stereocenters. The van der Waals surface area contributed by atoms with Gasteiger partial charge in [-0.25, -0.2) is 0 Å². The average Bonchev–Trinajstić information content (AvgIpc) is 2.63. The SMILES string of the molecule is CCOCCC1(CN)CCC(CC)C1. The smallest absolute Gasteiger partial charge is 0.0471 e. The molecule has 2 nitrogen and oxygen atoms in total. The molecule has 1 aliphatic carbocycles. The van der Waals surface area contributed by atoms with Gasteiger partial charge in [-0.15, -0.1) is 0 Å². The highest BCUT2D eigenvalue weighted by atomic mass is 16.5. The van der Waals surface area contributed by atoms with E-state index in [9.17, 15) is 0 Å². The Kier molecular flexibility index (Phi) is 4.90. The molecule has 2 unspecified atom stereocenters. The summed E-state index contributed by atoms with van der Waals surface area (Å²) < 4.78 is 5.44. The van der Waals surface area contributed by atoms with Gasteiger partial charge in [0.2, 0.25) is 0 Å². The highest BCUT2D eigenvalue weighted by molar-refractivity contribution is 4.89. The van der Waals surface area contributed by atoms with Crippen molar-refractivity contribution >= 4 is 0 Å². The van der Waals surface area contributed by atoms with Crippen molar-refractivity contribution in [2.24, 2.45) is 17.1 Å². The zero-order valence-corrected chi connectivity index (χ0v) is 9.72. The van der Waals surface area contributed by atoms with Crippen LogP contribution in [-0.4, -0.2) is 19.8 Å². The molecule has 0 bridgehead atoms. The van der Waals surface area contributed by atoms with E-state index < -0.39 is 0 Å². The summed E-state index contributed by atoms with van der Waals surface area (Å²) in [6.07, 6.45) is 6.49. The van der Waals surface area contributed by atoms with E-state index in [2.05, 4.69) is 13.8 Å². The lowest BCUT2D eigenvalue weighted by molar-refractivity contribution is 0.105. The van der Waals surface area contributed by atoms with Gasteiger partial charge in [0.1, 0.15) is 0 Å². The Morgan fingerprint density at radius 2 is 2.21 bits per heavy atom. The quantitative estimate of drug-likeness (QED) is 0.667. The van der Waals surface area contributed by atoms with E-state index in [1.807, 2.05) is 0 Å². The molecule has 0 heterocycles. The van der Waals surface area contributed by atoms with Crippen LogP contribution in [0.5, 0.6) is 0 Å². The Balaban J connectivity index is 2.35. The van der Waals surface area contributed by atoms with E-state index in [4.69, 9.17) is 10.5 Å². The number of hydrogen-bond donors (Lipinski definition) is 1. The lowest BCUT2D eigenvalue weighted by Gasteiger charge is -2.27. The van der Waals surface area contributed by atoms with Gasteiger partial charge in [0, 0.05) is 13.2 Å². The second kappa shape index (κ2) is 5.72. The van der Waals surface area contributed by atoms with Gasteiger partial charge in [0.15, 0.2) is 0 Å². The summed E-state index contributed by atoms with van der Waals surface area (Å²) >= 11 is 0. The first kappa shape index (κ1) is 12.0. The molecule has 1 rings (SSSR count). The van der Waals surface area contributed by atoms with E-state index in [0.29, 0.717) is 5.41 Å². The third kappa shape index (κ3) is 2.96. The number of ether oxygens (including phenoxy) is 1. The van der Waals surface area contributed by atoms with Crippen LogP contribution in [0.2, 0.25) is 0 Å². The number of hydrogen-bond acceptors (Lipinski definition) is 2. The summed E-state index contributed by atoms with van der Waals surface area (Å²) in [6.45, 7) is 6.91. The molecule has 1 saturated carbocycles. The van der Waals surface area contributed by atoms with Crippen LogP contribution in [0.3, 0.4) is 0 Å². The van der Waals surface area contributed by atoms with Crippen LogP contribution in [0.1, 0.15) is 46.0 Å². The van der Waals surface area contributed by atoms with Crippen LogP contribution >= 0.6 is 0 Å². The Morgan fingerprint density at radius 1 is 1.43 bits per heavy atom. The van der Waals surface area contributed by atoms with Gasteiger partial charge in [-0.1, -0.05) is 13.3 Å². The van der Waals surface area contributed by atoms with Crippen molar-refractivity contribution in [1.29, 1.82) is 0 Å². The number of nitrogens with two attached hydrogens (primary N) is 1. The van der Waals surface area contributed by atoms with Crippen LogP contribution in [0.4, 0.5) is 0 Å². The molecule has 0 aromatic rings. The molecule has 2 N–H and O–H groups in total. The van der Waals surface area contributed by atoms with Crippen molar-refractivity contribution in [2.75, 3.05) is 19.8 Å². The molecule has 0 saturated heterocycles. The summed E-state index contributed by atoms with van der Waals surface area (Å²) in [6, 6.07) is 0. The maximum absolute atomic E-state index is 5.91. The first-order chi connectivity index (χ1) is 6.76. The van der Waals surface area contributed by atoms with Crippen molar-refractivity contribution in [3.8, 4) is 0 Å². The molecule has 14 heavy (non-hydrogen) atoms. The first-order valence-corrected chi connectivity index (χ1v) is 6.04. The lowest BCUT2D eigenvalue weighted by atomic mass is 9.82. The van der Waals surface area contributed by atoms with E-state index in [-0.39, 0.29) is 0 Å². The van der Waals surface area contributed by atoms with E-state index in [1.165, 1.54) is 25.7 Å². The zero-order valence-electron chi connectivity index (χ0n) is 9.72. The summed E-state index contributed by atoms with van der Waals surface area (Å²) in [7, 11) is 0. The predicted molar refractivity (Wildman–Crippen MR) is 60.2 cm³/mol. The minimum absolute atomic E-state index is 0.413. The molecule has 0 spiro atoms. The maximum Gasteiger partial charge on any atom is 0.0471 e. The first-order valence-electron chi connectivity index (χ1n) is 6.04. The largest absolute Gasteiger partial charge is 0.382 e. The summed E-state index contributed by atoms with van der Waals surface area (Å²) in [5.41, 5.74) is 6.32. The molecule has 0 aliphatic heterocycles. The summed E-state index contributed by atoms with van der Waals surface area (Å²) in [5.74, 6) is 0.917. The Bertz CT molecular complexity index is 160. The molecule has 1 fully saturated rings. The van der Waals surface area contributed by atoms with Gasteiger partial charge in [-0.2, -0.15) is 0 Å². The van der Waals surface area contributed by atoms with Gasteiger partial charge in [0.05, 0.1) is 0 Å². The Morgan fingerprint density at radius 3 is 2.71 bits per heavy atom. The van der Waals surface area contributed by atoms with Crippen molar-refractivity contribution in [3.05, 3.63) is 0 Å². The fourth-order valence-corrected chi connectivity index (χ4v) is 2.62. The van der Waals surface area contributed by atoms with Gasteiger partial charge >= 0.3 is 0 Å². The highest BCUT2D eigenvalue weighted by Gasteiger charge is 2.36. The van der Waals surface area contributed by atoms with Gasteiger partial charge in [-0.05, 0) is 50.5 Å². The predicted octanol–water partition coefficient (Wildman–Crippen LogP) is 2.57. The van der Waals surface area contributed by atoms with Crippen LogP contribution < -0.4 is 5.73 Å². The van der Waals surface area contributed by atoms with E-state index in [0.717, 1.165) is 32.1 Å². The fourth-order valence-electron chi connectivity index (χ4n) is 2.62. The Labute approximate surface area is 88.2 Å². The molecule has 0 aromatic heterocycles. The van der Waals surface area contributed by atoms with Gasteiger partial charge in [-0.3, -0.25) is 0 Å². The minimum atomic E-state index is 0.413. The van der Waals surface area contributed by atoms with Crippen molar-refractivity contribution in [1.82, 2.24) is 0 Å².